The van der Waals surface area contributed by atoms with E-state index in [0.717, 1.165) is 0 Å². The zero-order valence-electron chi connectivity index (χ0n) is 10.7. The molecule has 3 N–H and O–H groups in total. The first-order valence-electron chi connectivity index (χ1n) is 6.35. The van der Waals surface area contributed by atoms with Crippen LogP contribution in [0.15, 0.2) is 30.5 Å². The summed E-state index contributed by atoms with van der Waals surface area (Å²) >= 11 is 0. The summed E-state index contributed by atoms with van der Waals surface area (Å²) in [5.74, 6) is -1.68. The van der Waals surface area contributed by atoms with Gasteiger partial charge in [-0.3, -0.25) is 14.7 Å². The van der Waals surface area contributed by atoms with E-state index in [9.17, 15) is 14.9 Å². The predicted octanol–water partition coefficient (Wildman–Crippen LogP) is 0.740. The van der Waals surface area contributed by atoms with Gasteiger partial charge in [-0.15, -0.1) is 0 Å². The number of carbonyl (C=O) groups excluding carboxylic acids is 2. The van der Waals surface area contributed by atoms with E-state index in [-0.39, 0.29) is 5.91 Å². The van der Waals surface area contributed by atoms with Gasteiger partial charge in [0, 0.05) is 11.3 Å². The Balaban J connectivity index is 2.12. The van der Waals surface area contributed by atoms with Crippen LogP contribution in [0.5, 0.6) is 0 Å². The number of aromatic nitrogens is 2. The van der Waals surface area contributed by atoms with Gasteiger partial charge in [0.1, 0.15) is 17.2 Å². The smallest absolute Gasteiger partial charge is 0.244 e. The van der Waals surface area contributed by atoms with Crippen LogP contribution >= 0.6 is 0 Å². The minimum Gasteiger partial charge on any atom is -0.325 e. The molecule has 0 saturated carbocycles. The molecule has 2 atom stereocenters. The average molecular weight is 279 g/mol. The number of benzene rings is 1. The van der Waals surface area contributed by atoms with Gasteiger partial charge in [0.25, 0.3) is 0 Å². The number of para-hydroxylation sites is 1. The molecule has 1 aromatic carbocycles. The Hall–Kier alpha value is -3.14. The van der Waals surface area contributed by atoms with Gasteiger partial charge in [0.2, 0.25) is 11.8 Å². The number of fused-ring (bicyclic) bond motifs is 4. The first-order valence-corrected chi connectivity index (χ1v) is 6.35. The van der Waals surface area contributed by atoms with Crippen LogP contribution in [0, 0.1) is 17.2 Å². The molecule has 1 spiro atoms. The van der Waals surface area contributed by atoms with Crippen LogP contribution in [0.1, 0.15) is 11.1 Å². The van der Waals surface area contributed by atoms with Crippen LogP contribution in [-0.2, 0) is 15.0 Å². The third kappa shape index (κ3) is 1.19. The second-order valence-corrected chi connectivity index (χ2v) is 5.02. The maximum Gasteiger partial charge on any atom is 0.244 e. The Morgan fingerprint density at radius 2 is 2.00 bits per heavy atom. The molecule has 2 aliphatic heterocycles. The number of nitrogens with one attached hydrogen (secondary N) is 3. The Morgan fingerprint density at radius 1 is 1.19 bits per heavy atom. The summed E-state index contributed by atoms with van der Waals surface area (Å²) in [5, 5.41) is 21.4. The third-order valence-electron chi connectivity index (χ3n) is 4.09. The van der Waals surface area contributed by atoms with Crippen molar-refractivity contribution in [3.63, 3.8) is 0 Å². The highest BCUT2D eigenvalue weighted by atomic mass is 16.2. The second kappa shape index (κ2) is 3.70. The number of amides is 2. The number of H-pyrrole nitrogens is 1. The van der Waals surface area contributed by atoms with Crippen molar-refractivity contribution in [2.45, 2.75) is 5.41 Å². The van der Waals surface area contributed by atoms with Crippen LogP contribution in [0.4, 0.5) is 11.5 Å². The summed E-state index contributed by atoms with van der Waals surface area (Å²) in [4.78, 5) is 24.9. The van der Waals surface area contributed by atoms with Crippen LogP contribution in [0.3, 0.4) is 0 Å². The highest BCUT2D eigenvalue weighted by molar-refractivity contribution is 6.16. The topological polar surface area (TPSA) is 111 Å². The van der Waals surface area contributed by atoms with E-state index in [0.29, 0.717) is 22.6 Å². The lowest BCUT2D eigenvalue weighted by Crippen LogP contribution is -2.50. The lowest BCUT2D eigenvalue weighted by Gasteiger charge is -2.34. The van der Waals surface area contributed by atoms with E-state index in [1.165, 1.54) is 6.20 Å². The van der Waals surface area contributed by atoms with Crippen molar-refractivity contribution in [2.75, 3.05) is 10.6 Å². The van der Waals surface area contributed by atoms with Gasteiger partial charge in [0.05, 0.1) is 12.3 Å². The second-order valence-electron chi connectivity index (χ2n) is 5.02. The summed E-state index contributed by atoms with van der Waals surface area (Å²) in [7, 11) is 0. The Bertz CT molecular complexity index is 834. The maximum absolute atomic E-state index is 12.7. The molecular formula is C14H9N5O2. The number of aromatic amines is 1. The Labute approximate surface area is 119 Å². The Kier molecular flexibility index (Phi) is 2.06. The number of anilines is 2. The third-order valence-corrected chi connectivity index (χ3v) is 4.09. The molecule has 0 fully saturated rings. The van der Waals surface area contributed by atoms with E-state index < -0.39 is 17.2 Å². The van der Waals surface area contributed by atoms with Crippen molar-refractivity contribution >= 4 is 23.3 Å². The van der Waals surface area contributed by atoms with Gasteiger partial charge < -0.3 is 10.6 Å². The summed E-state index contributed by atoms with van der Waals surface area (Å²) < 4.78 is 0. The zero-order chi connectivity index (χ0) is 14.6. The lowest BCUT2D eigenvalue weighted by molar-refractivity contribution is -0.127. The molecule has 0 bridgehead atoms. The van der Waals surface area contributed by atoms with E-state index in [1.54, 1.807) is 24.3 Å². The quantitative estimate of drug-likeness (QED) is 0.660. The fourth-order valence-corrected chi connectivity index (χ4v) is 3.22. The SMILES string of the molecule is N#CC1C(=O)Nc2[nH]ncc2C12C(=O)Nc1ccccc12. The molecule has 0 radical (unpaired) electrons. The van der Waals surface area contributed by atoms with Gasteiger partial charge in [-0.05, 0) is 11.6 Å². The molecule has 4 rings (SSSR count). The van der Waals surface area contributed by atoms with Gasteiger partial charge in [-0.25, -0.2) is 0 Å². The largest absolute Gasteiger partial charge is 0.325 e. The summed E-state index contributed by atoms with van der Waals surface area (Å²) in [5.41, 5.74) is 0.399. The summed E-state index contributed by atoms with van der Waals surface area (Å²) in [6.45, 7) is 0. The first kappa shape index (κ1) is 11.7. The maximum atomic E-state index is 12.7. The fourth-order valence-electron chi connectivity index (χ4n) is 3.22. The van der Waals surface area contributed by atoms with E-state index in [2.05, 4.69) is 20.8 Å². The molecule has 2 aromatic rings. The molecule has 21 heavy (non-hydrogen) atoms. The predicted molar refractivity (Wildman–Crippen MR) is 72.2 cm³/mol. The highest BCUT2D eigenvalue weighted by Crippen LogP contribution is 2.51. The molecule has 3 heterocycles. The van der Waals surface area contributed by atoms with E-state index >= 15 is 0 Å². The van der Waals surface area contributed by atoms with Crippen LogP contribution in [-0.4, -0.2) is 22.0 Å². The van der Waals surface area contributed by atoms with Gasteiger partial charge >= 0.3 is 0 Å². The molecule has 7 heteroatoms. The molecule has 2 unspecified atom stereocenters. The minimum atomic E-state index is -1.35. The van der Waals surface area contributed by atoms with Crippen LogP contribution in [0.2, 0.25) is 0 Å². The minimum absolute atomic E-state index is 0.360. The van der Waals surface area contributed by atoms with E-state index in [1.807, 2.05) is 6.07 Å². The number of nitrogens with zero attached hydrogens (tertiary/aromatic N) is 2. The molecule has 7 nitrogen and oxygen atoms in total. The summed E-state index contributed by atoms with van der Waals surface area (Å²) in [6, 6.07) is 9.05. The molecule has 102 valence electrons. The van der Waals surface area contributed by atoms with Gasteiger partial charge in [-0.2, -0.15) is 10.4 Å². The number of nitriles is 1. The zero-order valence-corrected chi connectivity index (χ0v) is 10.7. The fraction of sp³-hybridized carbons (Fsp3) is 0.143. The van der Waals surface area contributed by atoms with Crippen LogP contribution in [0.25, 0.3) is 0 Å². The van der Waals surface area contributed by atoms with Crippen molar-refractivity contribution < 1.29 is 9.59 Å². The lowest BCUT2D eigenvalue weighted by atomic mass is 9.65. The molecular weight excluding hydrogens is 270 g/mol. The van der Waals surface area contributed by atoms with Gasteiger partial charge in [0.15, 0.2) is 0 Å². The van der Waals surface area contributed by atoms with Crippen molar-refractivity contribution in [2.24, 2.45) is 5.92 Å². The average Bonchev–Trinajstić information content (AvgIpc) is 3.04. The van der Waals surface area contributed by atoms with Crippen molar-refractivity contribution in [1.29, 1.82) is 5.26 Å². The van der Waals surface area contributed by atoms with Crippen molar-refractivity contribution in [1.82, 2.24) is 10.2 Å². The number of rotatable bonds is 0. The summed E-state index contributed by atoms with van der Waals surface area (Å²) in [6.07, 6.45) is 1.49. The molecule has 2 amide bonds. The molecule has 0 saturated heterocycles. The Morgan fingerprint density at radius 3 is 2.81 bits per heavy atom. The van der Waals surface area contributed by atoms with Gasteiger partial charge in [-0.1, -0.05) is 18.2 Å². The number of hydrogen-bond acceptors (Lipinski definition) is 4. The normalized spacial score (nSPS) is 25.8. The standard InChI is InChI=1S/C14H9N5O2/c15-5-8-12(20)18-11-9(6-16-19-11)14(8)7-3-1-2-4-10(7)17-13(14)21/h1-4,6,8H,(H,17,21)(H2,16,18,19,20). The molecule has 0 aliphatic carbocycles. The number of hydrogen-bond donors (Lipinski definition) is 3. The highest BCUT2D eigenvalue weighted by Gasteiger charge is 2.60. The van der Waals surface area contributed by atoms with Crippen LogP contribution < -0.4 is 10.6 Å². The number of carbonyl (C=O) groups is 2. The first-order chi connectivity index (χ1) is 10.2. The monoisotopic (exact) mass is 279 g/mol. The van der Waals surface area contributed by atoms with E-state index in [4.69, 9.17) is 0 Å². The molecule has 1 aromatic heterocycles. The molecule has 2 aliphatic rings. The van der Waals surface area contributed by atoms with Crippen molar-refractivity contribution in [3.05, 3.63) is 41.6 Å². The van der Waals surface area contributed by atoms with Crippen molar-refractivity contribution in [3.8, 4) is 6.07 Å².